The van der Waals surface area contributed by atoms with Gasteiger partial charge in [-0.05, 0) is 55.0 Å². The molecule has 0 unspecified atom stereocenters. The Labute approximate surface area is 192 Å². The number of carbonyl (C=O) groups excluding carboxylic acids is 1. The highest BCUT2D eigenvalue weighted by atomic mass is 19.4. The van der Waals surface area contributed by atoms with E-state index in [1.54, 1.807) is 12.1 Å². The zero-order chi connectivity index (χ0) is 24.5. The Kier molecular flexibility index (Phi) is 6.02. The number of benzene rings is 1. The number of pyridine rings is 1. The van der Waals surface area contributed by atoms with Crippen LogP contribution in [0, 0.1) is 0 Å². The van der Waals surface area contributed by atoms with Gasteiger partial charge >= 0.3 is 6.36 Å². The number of halogens is 3. The molecule has 2 N–H and O–H groups in total. The first-order valence-electron chi connectivity index (χ1n) is 10.3. The van der Waals surface area contributed by atoms with Crippen LogP contribution in [0.4, 0.5) is 13.2 Å². The number of hydrogen-bond acceptors (Lipinski definition) is 3. The van der Waals surface area contributed by atoms with Gasteiger partial charge in [-0.2, -0.15) is 0 Å². The van der Waals surface area contributed by atoms with Crippen molar-refractivity contribution in [2.45, 2.75) is 19.7 Å². The van der Waals surface area contributed by atoms with Gasteiger partial charge in [0.05, 0.1) is 5.69 Å². The molecule has 0 spiro atoms. The molecule has 0 aliphatic heterocycles. The molecule has 2 aromatic heterocycles. The van der Waals surface area contributed by atoms with E-state index >= 15 is 0 Å². The largest absolute Gasteiger partial charge is 0.573 e. The van der Waals surface area contributed by atoms with Crippen molar-refractivity contribution in [3.8, 4) is 11.4 Å². The lowest BCUT2D eigenvalue weighted by atomic mass is 10.1. The Morgan fingerprint density at radius 3 is 2.56 bits per heavy atom. The number of allylic oxidation sites excluding steroid dienone is 6. The number of hydrogen-bond donors (Lipinski definition) is 2. The maximum Gasteiger partial charge on any atom is 0.573 e. The topological polar surface area (TPSA) is 76.1 Å². The first kappa shape index (κ1) is 22.9. The van der Waals surface area contributed by atoms with E-state index in [1.807, 2.05) is 31.2 Å². The Morgan fingerprint density at radius 2 is 1.88 bits per heavy atom. The van der Waals surface area contributed by atoms with Crippen molar-refractivity contribution in [2.75, 3.05) is 0 Å². The van der Waals surface area contributed by atoms with E-state index in [4.69, 9.17) is 0 Å². The summed E-state index contributed by atoms with van der Waals surface area (Å²) in [6.07, 6.45) is 3.25. The fraction of sp³-hybridized carbons (Fsp3) is 0.120. The number of alkyl halides is 3. The van der Waals surface area contributed by atoms with Gasteiger partial charge in [-0.1, -0.05) is 30.4 Å². The van der Waals surface area contributed by atoms with E-state index in [0.29, 0.717) is 28.8 Å². The van der Waals surface area contributed by atoms with E-state index in [9.17, 15) is 22.8 Å². The van der Waals surface area contributed by atoms with Crippen LogP contribution in [0.5, 0.6) is 5.75 Å². The average molecular weight is 467 g/mol. The van der Waals surface area contributed by atoms with Crippen molar-refractivity contribution in [1.82, 2.24) is 14.9 Å². The molecule has 34 heavy (non-hydrogen) atoms. The van der Waals surface area contributed by atoms with Crippen molar-refractivity contribution in [2.24, 2.45) is 0 Å². The molecule has 0 radical (unpaired) electrons. The van der Waals surface area contributed by atoms with Crippen molar-refractivity contribution in [3.63, 3.8) is 0 Å². The van der Waals surface area contributed by atoms with Crippen LogP contribution in [0.2, 0.25) is 0 Å². The normalized spacial score (nSPS) is 13.8. The van der Waals surface area contributed by atoms with Crippen LogP contribution in [0.1, 0.15) is 23.8 Å². The molecule has 0 atom stereocenters. The Bertz CT molecular complexity index is 1420. The van der Waals surface area contributed by atoms with Crippen LogP contribution in [0.3, 0.4) is 0 Å². The predicted octanol–water partition coefficient (Wildman–Crippen LogP) is 5.29. The molecule has 174 valence electrons. The third-order valence-electron chi connectivity index (χ3n) is 5.12. The van der Waals surface area contributed by atoms with E-state index in [1.165, 1.54) is 22.8 Å². The zero-order valence-electron chi connectivity index (χ0n) is 18.1. The van der Waals surface area contributed by atoms with Crippen LogP contribution in [0.15, 0.2) is 95.0 Å². The van der Waals surface area contributed by atoms with Crippen LogP contribution in [-0.2, 0) is 0 Å². The lowest BCUT2D eigenvalue weighted by Crippen LogP contribution is -2.23. The number of aromatic nitrogens is 2. The predicted molar refractivity (Wildman–Crippen MR) is 123 cm³/mol. The van der Waals surface area contributed by atoms with Gasteiger partial charge in [0.25, 0.3) is 11.5 Å². The molecule has 1 amide bonds. The van der Waals surface area contributed by atoms with Crippen LogP contribution >= 0.6 is 0 Å². The van der Waals surface area contributed by atoms with Gasteiger partial charge in [0.15, 0.2) is 0 Å². The monoisotopic (exact) mass is 467 g/mol. The van der Waals surface area contributed by atoms with Gasteiger partial charge in [-0.15, -0.1) is 13.2 Å². The molecule has 2 heterocycles. The molecule has 1 aliphatic carbocycles. The number of rotatable bonds is 5. The number of H-pyrrole nitrogens is 1. The molecule has 0 saturated heterocycles. The van der Waals surface area contributed by atoms with Crippen LogP contribution in [0.25, 0.3) is 16.7 Å². The number of amides is 1. The molecular formula is C25H20F3N3O3. The Balaban J connectivity index is 1.63. The number of carbonyl (C=O) groups is 1. The third kappa shape index (κ3) is 5.03. The second kappa shape index (κ2) is 8.93. The van der Waals surface area contributed by atoms with Crippen molar-refractivity contribution in [1.29, 1.82) is 0 Å². The summed E-state index contributed by atoms with van der Waals surface area (Å²) in [7, 11) is 0. The molecule has 4 rings (SSSR count). The highest BCUT2D eigenvalue weighted by Gasteiger charge is 2.31. The first-order valence-corrected chi connectivity index (χ1v) is 10.3. The second-order valence-corrected chi connectivity index (χ2v) is 7.69. The third-order valence-corrected chi connectivity index (χ3v) is 5.12. The summed E-state index contributed by atoms with van der Waals surface area (Å²) < 4.78 is 42.4. The minimum absolute atomic E-state index is 0.226. The van der Waals surface area contributed by atoms with E-state index in [0.717, 1.165) is 23.3 Å². The van der Waals surface area contributed by atoms with Gasteiger partial charge in [-0.25, -0.2) is 0 Å². The molecule has 6 nitrogen and oxygen atoms in total. The maximum absolute atomic E-state index is 12.9. The van der Waals surface area contributed by atoms with Crippen molar-refractivity contribution >= 4 is 16.9 Å². The van der Waals surface area contributed by atoms with Crippen molar-refractivity contribution in [3.05, 3.63) is 106 Å². The molecule has 9 heteroatoms. The van der Waals surface area contributed by atoms with E-state index in [-0.39, 0.29) is 5.69 Å². The summed E-state index contributed by atoms with van der Waals surface area (Å²) in [6.45, 7) is 5.81. The Hall–Kier alpha value is -4.27. The molecule has 0 fully saturated rings. The zero-order valence-corrected chi connectivity index (χ0v) is 18.1. The quantitative estimate of drug-likeness (QED) is 0.535. The highest BCUT2D eigenvalue weighted by Crippen LogP contribution is 2.25. The SMILES string of the molecule is C=C(C)C1=CC=C(NC(=O)c2cc3ccc(=O)n(-c4ccc(OC(F)(F)F)cc4)c3[nH]2)CC=C1. The minimum Gasteiger partial charge on any atom is -0.406 e. The lowest BCUT2D eigenvalue weighted by Gasteiger charge is -2.11. The maximum atomic E-state index is 12.9. The summed E-state index contributed by atoms with van der Waals surface area (Å²) in [5, 5.41) is 3.44. The van der Waals surface area contributed by atoms with E-state index in [2.05, 4.69) is 21.6 Å². The number of nitrogens with one attached hydrogen (secondary N) is 2. The van der Waals surface area contributed by atoms with Crippen LogP contribution < -0.4 is 15.6 Å². The second-order valence-electron chi connectivity index (χ2n) is 7.69. The number of ether oxygens (including phenoxy) is 1. The summed E-state index contributed by atoms with van der Waals surface area (Å²) in [6, 6.07) is 9.38. The van der Waals surface area contributed by atoms with Gasteiger partial charge < -0.3 is 15.0 Å². The fourth-order valence-electron chi connectivity index (χ4n) is 3.51. The number of nitrogens with zero attached hydrogens (tertiary/aromatic N) is 1. The van der Waals surface area contributed by atoms with Gasteiger partial charge in [0.2, 0.25) is 0 Å². The molecule has 1 aromatic carbocycles. The molecule has 0 bridgehead atoms. The standard InChI is InChI=1S/C25H20F3N3O3/c1-15(2)16-4-3-5-18(8-6-16)29-24(33)21-14-17-7-13-22(32)31(23(17)30-21)19-9-11-20(12-10-19)34-25(26,27)28/h3-4,6-14,30H,1,5H2,2H3,(H,29,33). The highest BCUT2D eigenvalue weighted by molar-refractivity contribution is 5.98. The van der Waals surface area contributed by atoms with Gasteiger partial charge in [0.1, 0.15) is 17.1 Å². The van der Waals surface area contributed by atoms with Gasteiger partial charge in [-0.3, -0.25) is 14.2 Å². The number of fused-ring (bicyclic) bond motifs is 1. The Morgan fingerprint density at radius 1 is 1.15 bits per heavy atom. The van der Waals surface area contributed by atoms with E-state index < -0.39 is 23.6 Å². The fourth-order valence-corrected chi connectivity index (χ4v) is 3.51. The average Bonchev–Trinajstić information content (AvgIpc) is 3.05. The molecule has 3 aromatic rings. The van der Waals surface area contributed by atoms with Crippen LogP contribution in [-0.4, -0.2) is 21.8 Å². The molecule has 0 saturated carbocycles. The van der Waals surface area contributed by atoms with Crippen molar-refractivity contribution < 1.29 is 22.7 Å². The van der Waals surface area contributed by atoms with Gasteiger partial charge in [0, 0.05) is 23.6 Å². The summed E-state index contributed by atoms with van der Waals surface area (Å²) in [5.74, 6) is -0.798. The summed E-state index contributed by atoms with van der Waals surface area (Å²) >= 11 is 0. The lowest BCUT2D eigenvalue weighted by molar-refractivity contribution is -0.274. The molecule has 1 aliphatic rings. The number of aromatic amines is 1. The smallest absolute Gasteiger partial charge is 0.406 e. The minimum atomic E-state index is -4.81. The first-order chi connectivity index (χ1) is 16.1. The summed E-state index contributed by atoms with van der Waals surface area (Å²) in [5.41, 5.74) is 3.02. The molecular weight excluding hydrogens is 447 g/mol. The summed E-state index contributed by atoms with van der Waals surface area (Å²) in [4.78, 5) is 28.4.